The van der Waals surface area contributed by atoms with Gasteiger partial charge in [-0.05, 0) is 37.0 Å². The van der Waals surface area contributed by atoms with Crippen LogP contribution in [0.5, 0.6) is 0 Å². The number of carbonyl (C=O) groups is 2. The molecule has 27 heavy (non-hydrogen) atoms. The lowest BCUT2D eigenvalue weighted by atomic mass is 9.84. The SMILES string of the molecule is N[C@H](Cc1ccccc1)C(=O)N1CCC2(CC1)Nc1ccccc1NC2=O. The zero-order valence-electron chi connectivity index (χ0n) is 15.2. The third kappa shape index (κ3) is 3.40. The van der Waals surface area contributed by atoms with Crippen LogP contribution in [0.2, 0.25) is 0 Å². The first-order chi connectivity index (χ1) is 13.1. The molecular weight excluding hydrogens is 340 g/mol. The Labute approximate surface area is 158 Å². The predicted octanol–water partition coefficient (Wildman–Crippen LogP) is 1.98. The van der Waals surface area contributed by atoms with E-state index in [4.69, 9.17) is 5.73 Å². The molecule has 1 atom stereocenters. The van der Waals surface area contributed by atoms with Crippen molar-refractivity contribution in [2.75, 3.05) is 23.7 Å². The quantitative estimate of drug-likeness (QED) is 0.777. The number of nitrogens with two attached hydrogens (primary N) is 1. The number of benzene rings is 2. The highest BCUT2D eigenvalue weighted by molar-refractivity contribution is 6.06. The fraction of sp³-hybridized carbons (Fsp3) is 0.333. The number of carbonyl (C=O) groups excluding carboxylic acids is 2. The lowest BCUT2D eigenvalue weighted by Gasteiger charge is -2.44. The second kappa shape index (κ2) is 7.04. The van der Waals surface area contributed by atoms with Gasteiger partial charge in [0.25, 0.3) is 0 Å². The van der Waals surface area contributed by atoms with Crippen molar-refractivity contribution in [1.82, 2.24) is 4.90 Å². The molecule has 2 aromatic rings. The first-order valence-corrected chi connectivity index (χ1v) is 9.34. The molecular formula is C21H24N4O2. The number of likely N-dealkylation sites (tertiary alicyclic amines) is 1. The van der Waals surface area contributed by atoms with E-state index in [1.807, 2.05) is 54.6 Å². The Morgan fingerprint density at radius 1 is 1.04 bits per heavy atom. The fourth-order valence-electron chi connectivity index (χ4n) is 3.91. The van der Waals surface area contributed by atoms with E-state index in [9.17, 15) is 9.59 Å². The van der Waals surface area contributed by atoms with Crippen molar-refractivity contribution in [3.05, 3.63) is 60.2 Å². The molecule has 1 spiro atoms. The van der Waals surface area contributed by atoms with Gasteiger partial charge in [-0.25, -0.2) is 0 Å². The van der Waals surface area contributed by atoms with Crippen molar-refractivity contribution in [2.45, 2.75) is 30.8 Å². The maximum atomic E-state index is 12.7. The number of amides is 2. The Bertz CT molecular complexity index is 844. The summed E-state index contributed by atoms with van der Waals surface area (Å²) in [6, 6.07) is 16.9. The average Bonchev–Trinajstić information content (AvgIpc) is 2.70. The van der Waals surface area contributed by atoms with Crippen molar-refractivity contribution >= 4 is 23.2 Å². The van der Waals surface area contributed by atoms with E-state index in [-0.39, 0.29) is 11.8 Å². The number of hydrogen-bond acceptors (Lipinski definition) is 4. The van der Waals surface area contributed by atoms with Gasteiger partial charge in [0.1, 0.15) is 5.54 Å². The van der Waals surface area contributed by atoms with Gasteiger partial charge in [-0.2, -0.15) is 0 Å². The Hall–Kier alpha value is -2.86. The first-order valence-electron chi connectivity index (χ1n) is 9.34. The molecule has 6 nitrogen and oxygen atoms in total. The van der Waals surface area contributed by atoms with Crippen molar-refractivity contribution in [3.63, 3.8) is 0 Å². The molecule has 0 unspecified atom stereocenters. The summed E-state index contributed by atoms with van der Waals surface area (Å²) in [5.41, 5.74) is 8.28. The summed E-state index contributed by atoms with van der Waals surface area (Å²) >= 11 is 0. The molecule has 1 fully saturated rings. The van der Waals surface area contributed by atoms with Gasteiger partial charge < -0.3 is 21.3 Å². The summed E-state index contributed by atoms with van der Waals surface area (Å²) < 4.78 is 0. The van der Waals surface area contributed by atoms with E-state index < -0.39 is 11.6 Å². The minimum atomic E-state index is -0.658. The molecule has 0 aromatic heterocycles. The Balaban J connectivity index is 1.40. The van der Waals surface area contributed by atoms with E-state index >= 15 is 0 Å². The van der Waals surface area contributed by atoms with Gasteiger partial charge in [-0.1, -0.05) is 42.5 Å². The van der Waals surface area contributed by atoms with E-state index in [0.717, 1.165) is 16.9 Å². The van der Waals surface area contributed by atoms with Crippen molar-refractivity contribution in [1.29, 1.82) is 0 Å². The van der Waals surface area contributed by atoms with Crippen LogP contribution in [0.1, 0.15) is 18.4 Å². The monoisotopic (exact) mass is 364 g/mol. The molecule has 4 rings (SSSR count). The number of piperidine rings is 1. The van der Waals surface area contributed by atoms with Crippen LogP contribution in [-0.4, -0.2) is 41.4 Å². The highest BCUT2D eigenvalue weighted by Crippen LogP contribution is 2.36. The van der Waals surface area contributed by atoms with Gasteiger partial charge in [0.15, 0.2) is 0 Å². The summed E-state index contributed by atoms with van der Waals surface area (Å²) in [5, 5.41) is 6.40. The fourth-order valence-corrected chi connectivity index (χ4v) is 3.91. The van der Waals surface area contributed by atoms with Crippen LogP contribution < -0.4 is 16.4 Å². The zero-order chi connectivity index (χ0) is 18.9. The lowest BCUT2D eigenvalue weighted by Crippen LogP contribution is -2.60. The van der Waals surface area contributed by atoms with Crippen LogP contribution >= 0.6 is 0 Å². The van der Waals surface area contributed by atoms with Gasteiger partial charge in [-0.15, -0.1) is 0 Å². The number of rotatable bonds is 3. The number of fused-ring (bicyclic) bond motifs is 1. The van der Waals surface area contributed by atoms with Crippen LogP contribution in [0.15, 0.2) is 54.6 Å². The maximum absolute atomic E-state index is 12.7. The largest absolute Gasteiger partial charge is 0.369 e. The molecule has 0 bridgehead atoms. The molecule has 140 valence electrons. The Kier molecular flexibility index (Phi) is 4.58. The molecule has 2 heterocycles. The zero-order valence-corrected chi connectivity index (χ0v) is 15.2. The Morgan fingerprint density at radius 2 is 1.67 bits per heavy atom. The third-order valence-corrected chi connectivity index (χ3v) is 5.53. The average molecular weight is 364 g/mol. The van der Waals surface area contributed by atoms with Crippen LogP contribution in [0.4, 0.5) is 11.4 Å². The second-order valence-corrected chi connectivity index (χ2v) is 7.33. The highest BCUT2D eigenvalue weighted by Gasteiger charge is 2.45. The van der Waals surface area contributed by atoms with Gasteiger partial charge >= 0.3 is 0 Å². The van der Waals surface area contributed by atoms with Crippen LogP contribution in [0.3, 0.4) is 0 Å². The second-order valence-electron chi connectivity index (χ2n) is 7.33. The first kappa shape index (κ1) is 17.5. The molecule has 6 heteroatoms. The topological polar surface area (TPSA) is 87.5 Å². The van der Waals surface area contributed by atoms with Crippen molar-refractivity contribution in [2.24, 2.45) is 5.73 Å². The molecule has 0 saturated carbocycles. The predicted molar refractivity (Wildman–Crippen MR) is 105 cm³/mol. The number of para-hydroxylation sites is 2. The van der Waals surface area contributed by atoms with Crippen LogP contribution in [0.25, 0.3) is 0 Å². The molecule has 0 radical (unpaired) electrons. The smallest absolute Gasteiger partial charge is 0.250 e. The van der Waals surface area contributed by atoms with Crippen LogP contribution in [-0.2, 0) is 16.0 Å². The standard InChI is InChI=1S/C21H24N4O2/c22-16(14-15-6-2-1-3-7-15)19(26)25-12-10-21(11-13-25)20(27)23-17-8-4-5-9-18(17)24-21/h1-9,16,24H,10-14,22H2,(H,23,27)/t16-/m1/s1. The molecule has 1 saturated heterocycles. The van der Waals surface area contributed by atoms with Gasteiger partial charge in [0.2, 0.25) is 11.8 Å². The molecule has 2 aromatic carbocycles. The number of anilines is 2. The van der Waals surface area contributed by atoms with Crippen molar-refractivity contribution in [3.8, 4) is 0 Å². The minimum Gasteiger partial charge on any atom is -0.369 e. The van der Waals surface area contributed by atoms with Crippen molar-refractivity contribution < 1.29 is 9.59 Å². The summed E-state index contributed by atoms with van der Waals surface area (Å²) in [7, 11) is 0. The molecule has 2 aliphatic rings. The van der Waals surface area contributed by atoms with E-state index in [1.54, 1.807) is 4.90 Å². The molecule has 0 aliphatic carbocycles. The number of nitrogens with zero attached hydrogens (tertiary/aromatic N) is 1. The summed E-state index contributed by atoms with van der Waals surface area (Å²) in [6.07, 6.45) is 1.65. The highest BCUT2D eigenvalue weighted by atomic mass is 16.2. The summed E-state index contributed by atoms with van der Waals surface area (Å²) in [4.78, 5) is 27.2. The summed E-state index contributed by atoms with van der Waals surface area (Å²) in [6.45, 7) is 1.04. The summed E-state index contributed by atoms with van der Waals surface area (Å²) in [5.74, 6) is -0.0767. The van der Waals surface area contributed by atoms with Crippen LogP contribution in [0, 0.1) is 0 Å². The molecule has 4 N–H and O–H groups in total. The molecule has 2 amide bonds. The lowest BCUT2D eigenvalue weighted by molar-refractivity contribution is -0.136. The normalized spacial score (nSPS) is 19.0. The van der Waals surface area contributed by atoms with E-state index in [1.165, 1.54) is 0 Å². The minimum absolute atomic E-state index is 0.0260. The molecule has 2 aliphatic heterocycles. The van der Waals surface area contributed by atoms with Gasteiger partial charge in [0, 0.05) is 13.1 Å². The number of nitrogens with one attached hydrogen (secondary N) is 2. The van der Waals surface area contributed by atoms with E-state index in [0.29, 0.717) is 32.4 Å². The van der Waals surface area contributed by atoms with E-state index in [2.05, 4.69) is 10.6 Å². The van der Waals surface area contributed by atoms with Gasteiger partial charge in [0.05, 0.1) is 17.4 Å². The third-order valence-electron chi connectivity index (χ3n) is 5.53. The number of hydrogen-bond donors (Lipinski definition) is 3. The van der Waals surface area contributed by atoms with Gasteiger partial charge in [-0.3, -0.25) is 9.59 Å². The maximum Gasteiger partial charge on any atom is 0.250 e. The Morgan fingerprint density at radius 3 is 2.37 bits per heavy atom.